The molecule has 1 aromatic rings. The fraction of sp³-hybridized carbons (Fsp3) is 0.545. The lowest BCUT2D eigenvalue weighted by Gasteiger charge is -2.24. The molecule has 5 heteroatoms. The van der Waals surface area contributed by atoms with Crippen molar-refractivity contribution >= 4 is 23.6 Å². The second-order valence-electron chi connectivity index (χ2n) is 8.67. The van der Waals surface area contributed by atoms with Gasteiger partial charge in [-0.25, -0.2) is 0 Å². The Morgan fingerprint density at radius 3 is 2.70 bits per heavy atom. The number of amides is 1. The van der Waals surface area contributed by atoms with E-state index >= 15 is 0 Å². The summed E-state index contributed by atoms with van der Waals surface area (Å²) in [4.78, 5) is 24.7. The summed E-state index contributed by atoms with van der Waals surface area (Å²) >= 11 is 1.83. The predicted octanol–water partition coefficient (Wildman–Crippen LogP) is 4.00. The molecule has 0 radical (unpaired) electrons. The first-order valence-electron chi connectivity index (χ1n) is 9.55. The van der Waals surface area contributed by atoms with Crippen molar-refractivity contribution in [2.75, 3.05) is 18.9 Å². The maximum atomic E-state index is 12.4. The highest BCUT2D eigenvalue weighted by atomic mass is 32.2. The first kappa shape index (κ1) is 20.0. The van der Waals surface area contributed by atoms with E-state index in [1.165, 1.54) is 0 Å². The average Bonchev–Trinajstić information content (AvgIpc) is 3.06. The second kappa shape index (κ2) is 7.70. The number of carbonyl (C=O) groups is 2. The van der Waals surface area contributed by atoms with Gasteiger partial charge < -0.3 is 10.1 Å². The highest BCUT2D eigenvalue weighted by molar-refractivity contribution is 8.00. The van der Waals surface area contributed by atoms with Gasteiger partial charge in [-0.2, -0.15) is 11.8 Å². The van der Waals surface area contributed by atoms with Crippen LogP contribution in [0.4, 0.5) is 0 Å². The Kier molecular flexibility index (Phi) is 5.71. The first-order chi connectivity index (χ1) is 12.7. The SMILES string of the molecule is C=C1CC2COC(=O)C2(Cc2ccc(C(=O)NCCSC(C)(C)C)cc2)C1. The molecular weight excluding hydrogens is 358 g/mol. The van der Waals surface area contributed by atoms with E-state index in [2.05, 4.69) is 32.7 Å². The van der Waals surface area contributed by atoms with Crippen LogP contribution in [-0.4, -0.2) is 35.5 Å². The zero-order valence-corrected chi connectivity index (χ0v) is 17.3. The minimum atomic E-state index is -0.453. The van der Waals surface area contributed by atoms with E-state index in [1.54, 1.807) is 0 Å². The number of esters is 1. The molecule has 1 aliphatic heterocycles. The van der Waals surface area contributed by atoms with E-state index in [4.69, 9.17) is 4.74 Å². The molecule has 2 aliphatic rings. The van der Waals surface area contributed by atoms with E-state index in [0.717, 1.165) is 23.3 Å². The summed E-state index contributed by atoms with van der Waals surface area (Å²) in [5.74, 6) is 0.982. The minimum Gasteiger partial charge on any atom is -0.465 e. The quantitative estimate of drug-likeness (QED) is 0.455. The van der Waals surface area contributed by atoms with E-state index in [-0.39, 0.29) is 22.5 Å². The van der Waals surface area contributed by atoms with Crippen molar-refractivity contribution in [3.8, 4) is 0 Å². The third kappa shape index (κ3) is 4.57. The zero-order valence-electron chi connectivity index (χ0n) is 16.5. The molecular formula is C22H29NO3S. The molecule has 1 saturated heterocycles. The number of nitrogens with one attached hydrogen (secondary N) is 1. The molecule has 146 valence electrons. The summed E-state index contributed by atoms with van der Waals surface area (Å²) < 4.78 is 5.54. The van der Waals surface area contributed by atoms with Gasteiger partial charge in [-0.3, -0.25) is 9.59 Å². The highest BCUT2D eigenvalue weighted by Gasteiger charge is 2.55. The van der Waals surface area contributed by atoms with Crippen LogP contribution >= 0.6 is 11.8 Å². The van der Waals surface area contributed by atoms with Crippen LogP contribution in [-0.2, 0) is 16.0 Å². The van der Waals surface area contributed by atoms with E-state index in [1.807, 2.05) is 36.0 Å². The molecule has 0 bridgehead atoms. The third-order valence-electron chi connectivity index (χ3n) is 5.36. The third-order valence-corrected chi connectivity index (χ3v) is 6.64. The molecule has 1 N–H and O–H groups in total. The molecule has 1 aliphatic carbocycles. The van der Waals surface area contributed by atoms with Crippen LogP contribution in [0.15, 0.2) is 36.4 Å². The summed E-state index contributed by atoms with van der Waals surface area (Å²) in [6, 6.07) is 7.60. The van der Waals surface area contributed by atoms with Gasteiger partial charge in [-0.1, -0.05) is 45.1 Å². The van der Waals surface area contributed by atoms with Crippen LogP contribution in [0.3, 0.4) is 0 Å². The molecule has 3 rings (SSSR count). The molecule has 0 spiro atoms. The van der Waals surface area contributed by atoms with Crippen LogP contribution in [0, 0.1) is 11.3 Å². The normalized spacial score (nSPS) is 24.6. The monoisotopic (exact) mass is 387 g/mol. The molecule has 2 fully saturated rings. The van der Waals surface area contributed by atoms with Crippen LogP contribution in [0.5, 0.6) is 0 Å². The Bertz CT molecular complexity index is 735. The van der Waals surface area contributed by atoms with E-state index in [9.17, 15) is 9.59 Å². The average molecular weight is 388 g/mol. The van der Waals surface area contributed by atoms with Gasteiger partial charge in [0.2, 0.25) is 0 Å². The number of rotatable bonds is 6. The fourth-order valence-corrected chi connectivity index (χ4v) is 4.84. The van der Waals surface area contributed by atoms with Crippen molar-refractivity contribution in [3.05, 3.63) is 47.5 Å². The van der Waals surface area contributed by atoms with Gasteiger partial charge in [-0.15, -0.1) is 0 Å². The van der Waals surface area contributed by atoms with Crippen LogP contribution in [0.25, 0.3) is 0 Å². The van der Waals surface area contributed by atoms with E-state index < -0.39 is 5.41 Å². The molecule has 1 amide bonds. The Labute approximate surface area is 166 Å². The fourth-order valence-electron chi connectivity index (χ4n) is 4.02. The molecule has 1 aromatic carbocycles. The first-order valence-corrected chi connectivity index (χ1v) is 10.5. The highest BCUT2D eigenvalue weighted by Crippen LogP contribution is 2.52. The van der Waals surface area contributed by atoms with E-state index in [0.29, 0.717) is 31.6 Å². The Balaban J connectivity index is 1.58. The van der Waals surface area contributed by atoms with Crippen molar-refractivity contribution in [2.45, 2.75) is 44.8 Å². The molecule has 0 aromatic heterocycles. The minimum absolute atomic E-state index is 0.0541. The smallest absolute Gasteiger partial charge is 0.313 e. The molecule has 27 heavy (non-hydrogen) atoms. The molecule has 2 unspecified atom stereocenters. The number of fused-ring (bicyclic) bond motifs is 1. The lowest BCUT2D eigenvalue weighted by Crippen LogP contribution is -2.31. The number of hydrogen-bond acceptors (Lipinski definition) is 4. The summed E-state index contributed by atoms with van der Waals surface area (Å²) in [6.07, 6.45) is 2.24. The number of benzene rings is 1. The van der Waals surface area contributed by atoms with Crippen molar-refractivity contribution < 1.29 is 14.3 Å². The maximum Gasteiger partial charge on any atom is 0.313 e. The number of cyclic esters (lactones) is 1. The number of allylic oxidation sites excluding steroid dienone is 1. The second-order valence-corrected chi connectivity index (χ2v) is 10.6. The lowest BCUT2D eigenvalue weighted by atomic mass is 9.75. The van der Waals surface area contributed by atoms with Crippen molar-refractivity contribution in [1.82, 2.24) is 5.32 Å². The summed E-state index contributed by atoms with van der Waals surface area (Å²) in [7, 11) is 0. The van der Waals surface area contributed by atoms with Crippen LogP contribution in [0.2, 0.25) is 0 Å². The number of thioether (sulfide) groups is 1. The van der Waals surface area contributed by atoms with Gasteiger partial charge in [0.05, 0.1) is 12.0 Å². The summed E-state index contributed by atoms with van der Waals surface area (Å²) in [5.41, 5.74) is 2.40. The van der Waals surface area contributed by atoms with Crippen LogP contribution < -0.4 is 5.32 Å². The Morgan fingerprint density at radius 2 is 2.04 bits per heavy atom. The van der Waals surface area contributed by atoms with Gasteiger partial charge in [0.25, 0.3) is 5.91 Å². The van der Waals surface area contributed by atoms with Gasteiger partial charge in [0.15, 0.2) is 0 Å². The van der Waals surface area contributed by atoms with Crippen molar-refractivity contribution in [3.63, 3.8) is 0 Å². The van der Waals surface area contributed by atoms with Crippen molar-refractivity contribution in [1.29, 1.82) is 0 Å². The summed E-state index contributed by atoms with van der Waals surface area (Å²) in [6.45, 7) is 11.7. The lowest BCUT2D eigenvalue weighted by molar-refractivity contribution is -0.146. The van der Waals surface area contributed by atoms with Crippen molar-refractivity contribution in [2.24, 2.45) is 11.3 Å². The Morgan fingerprint density at radius 1 is 1.33 bits per heavy atom. The maximum absolute atomic E-state index is 12.4. The molecule has 4 nitrogen and oxygen atoms in total. The standard InChI is InChI=1S/C22H29NO3S/c1-15-11-18-14-26-20(25)22(18,12-15)13-16-5-7-17(8-6-16)19(24)23-9-10-27-21(2,3)4/h5-8,18H,1,9-14H2,2-4H3,(H,23,24). The Hall–Kier alpha value is -1.75. The van der Waals surface area contributed by atoms with Gasteiger partial charge in [-0.05, 0) is 37.0 Å². The largest absolute Gasteiger partial charge is 0.465 e. The summed E-state index contributed by atoms with van der Waals surface area (Å²) in [5, 5.41) is 2.97. The van der Waals surface area contributed by atoms with Gasteiger partial charge in [0.1, 0.15) is 0 Å². The van der Waals surface area contributed by atoms with Crippen LogP contribution in [0.1, 0.15) is 49.5 Å². The predicted molar refractivity (Wildman–Crippen MR) is 110 cm³/mol. The topological polar surface area (TPSA) is 55.4 Å². The molecule has 2 atom stereocenters. The zero-order chi connectivity index (χ0) is 19.7. The molecule has 1 heterocycles. The number of ether oxygens (including phenoxy) is 1. The van der Waals surface area contributed by atoms with Gasteiger partial charge in [0, 0.05) is 28.5 Å². The molecule has 1 saturated carbocycles. The number of hydrogen-bond donors (Lipinski definition) is 1. The number of carbonyl (C=O) groups excluding carboxylic acids is 2. The van der Waals surface area contributed by atoms with Gasteiger partial charge >= 0.3 is 5.97 Å².